The van der Waals surface area contributed by atoms with Crippen LogP contribution in [0, 0.1) is 0 Å². The lowest BCUT2D eigenvalue weighted by Gasteiger charge is -2.31. The third-order valence-electron chi connectivity index (χ3n) is 4.66. The van der Waals surface area contributed by atoms with Gasteiger partial charge in [0.25, 0.3) is 0 Å². The smallest absolute Gasteiger partial charge is 0.416 e. The summed E-state index contributed by atoms with van der Waals surface area (Å²) in [5, 5.41) is 8.63. The van der Waals surface area contributed by atoms with Crippen molar-refractivity contribution >= 4 is 23.4 Å². The van der Waals surface area contributed by atoms with E-state index in [-0.39, 0.29) is 17.1 Å². The van der Waals surface area contributed by atoms with Gasteiger partial charge in [0.2, 0.25) is 23.2 Å². The van der Waals surface area contributed by atoms with Crippen LogP contribution in [0.3, 0.4) is 0 Å². The number of nitrogens with zero attached hydrogens (tertiary/aromatic N) is 4. The minimum Gasteiger partial charge on any atom is -0.447 e. The number of carbonyl (C=O) groups is 1. The average molecular weight is 446 g/mol. The monoisotopic (exact) mass is 446 g/mol. The zero-order valence-electron chi connectivity index (χ0n) is 16.6. The number of rotatable bonds is 3. The molecule has 31 heavy (non-hydrogen) atoms. The van der Waals surface area contributed by atoms with Gasteiger partial charge in [-0.25, -0.2) is 0 Å². The van der Waals surface area contributed by atoms with E-state index in [0.29, 0.717) is 22.2 Å². The Bertz CT molecular complexity index is 1140. The zero-order valence-corrected chi connectivity index (χ0v) is 17.4. The van der Waals surface area contributed by atoms with Crippen LogP contribution >= 0.6 is 11.8 Å². The summed E-state index contributed by atoms with van der Waals surface area (Å²) in [6, 6.07) is 11.8. The van der Waals surface area contributed by atoms with Gasteiger partial charge in [0, 0.05) is 18.1 Å². The van der Waals surface area contributed by atoms with E-state index in [4.69, 9.17) is 4.74 Å². The normalized spacial score (nSPS) is 15.5. The molecule has 10 heteroatoms. The lowest BCUT2D eigenvalue weighted by Crippen LogP contribution is -2.37. The highest BCUT2D eigenvalue weighted by molar-refractivity contribution is 7.99. The summed E-state index contributed by atoms with van der Waals surface area (Å²) < 4.78 is 47.4. The molecule has 0 unspecified atom stereocenters. The van der Waals surface area contributed by atoms with Crippen LogP contribution < -0.4 is 9.64 Å². The summed E-state index contributed by atoms with van der Waals surface area (Å²) in [7, 11) is 0. The second-order valence-electron chi connectivity index (χ2n) is 6.64. The van der Waals surface area contributed by atoms with Crippen LogP contribution in [0.15, 0.2) is 53.7 Å². The fourth-order valence-electron chi connectivity index (χ4n) is 3.42. The molecule has 1 aromatic heterocycles. The summed E-state index contributed by atoms with van der Waals surface area (Å²) >= 11 is 1.32. The molecular weight excluding hydrogens is 429 g/mol. The van der Waals surface area contributed by atoms with Crippen LogP contribution in [-0.2, 0) is 11.0 Å². The van der Waals surface area contributed by atoms with Crippen molar-refractivity contribution in [3.05, 3.63) is 59.7 Å². The van der Waals surface area contributed by atoms with E-state index >= 15 is 0 Å². The van der Waals surface area contributed by atoms with Crippen molar-refractivity contribution in [1.82, 2.24) is 15.2 Å². The standard InChI is InChI=1S/C21H17F3N4O2S/c1-3-31-20-25-18-17(26-27-20)14-9-5-7-11-16(14)28(12(2)29)19(30-18)13-8-4-6-10-15(13)21(22,23)24/h4-11,19H,3H2,1-2H3/t19-/m0/s1. The Labute approximate surface area is 180 Å². The third kappa shape index (κ3) is 3.95. The maximum atomic E-state index is 13.8. The molecule has 0 aliphatic carbocycles. The Hall–Kier alpha value is -3.14. The Kier molecular flexibility index (Phi) is 5.57. The van der Waals surface area contributed by atoms with E-state index in [1.807, 2.05) is 6.92 Å². The van der Waals surface area contributed by atoms with Crippen molar-refractivity contribution in [3.8, 4) is 17.1 Å². The molecule has 0 saturated carbocycles. The third-order valence-corrected chi connectivity index (χ3v) is 5.38. The molecule has 1 amide bonds. The van der Waals surface area contributed by atoms with Gasteiger partial charge < -0.3 is 4.74 Å². The number of hydrogen-bond acceptors (Lipinski definition) is 6. The number of alkyl halides is 3. The average Bonchev–Trinajstić information content (AvgIpc) is 2.87. The molecule has 1 aliphatic heterocycles. The van der Waals surface area contributed by atoms with E-state index in [2.05, 4.69) is 15.2 Å². The van der Waals surface area contributed by atoms with Crippen molar-refractivity contribution in [2.24, 2.45) is 0 Å². The predicted octanol–water partition coefficient (Wildman–Crippen LogP) is 5.11. The first kappa shape index (κ1) is 21.1. The van der Waals surface area contributed by atoms with E-state index in [0.717, 1.165) is 6.07 Å². The minimum absolute atomic E-state index is 0.0177. The zero-order chi connectivity index (χ0) is 22.2. The van der Waals surface area contributed by atoms with Crippen molar-refractivity contribution in [2.45, 2.75) is 31.4 Å². The highest BCUT2D eigenvalue weighted by atomic mass is 32.2. The molecule has 0 fully saturated rings. The topological polar surface area (TPSA) is 68.2 Å². The molecule has 0 spiro atoms. The van der Waals surface area contributed by atoms with Crippen LogP contribution in [0.4, 0.5) is 18.9 Å². The number of anilines is 1. The van der Waals surface area contributed by atoms with Gasteiger partial charge in [-0.05, 0) is 17.9 Å². The second-order valence-corrected chi connectivity index (χ2v) is 7.87. The van der Waals surface area contributed by atoms with E-state index in [1.165, 1.54) is 41.8 Å². The van der Waals surface area contributed by atoms with Crippen LogP contribution in [0.5, 0.6) is 5.88 Å². The molecule has 2 aromatic carbocycles. The van der Waals surface area contributed by atoms with Crippen molar-refractivity contribution in [3.63, 3.8) is 0 Å². The number of amides is 1. The van der Waals surface area contributed by atoms with Crippen molar-refractivity contribution in [1.29, 1.82) is 0 Å². The van der Waals surface area contributed by atoms with Gasteiger partial charge in [-0.2, -0.15) is 18.2 Å². The summed E-state index contributed by atoms with van der Waals surface area (Å²) in [6.07, 6.45) is -6.03. The second kappa shape index (κ2) is 8.18. The first-order chi connectivity index (χ1) is 14.8. The number of carbonyl (C=O) groups excluding carboxylic acids is 1. The SMILES string of the molecule is CCSc1nnc2c(n1)O[C@@H](c1ccccc1C(F)(F)F)N(C(C)=O)c1ccccc1-2. The van der Waals surface area contributed by atoms with Gasteiger partial charge in [-0.1, -0.05) is 55.1 Å². The van der Waals surface area contributed by atoms with Crippen LogP contribution in [0.25, 0.3) is 11.3 Å². The quantitative estimate of drug-likeness (QED) is 0.521. The molecule has 0 N–H and O–H groups in total. The molecule has 0 radical (unpaired) electrons. The predicted molar refractivity (Wildman–Crippen MR) is 110 cm³/mol. The summed E-state index contributed by atoms with van der Waals surface area (Å²) in [4.78, 5) is 18.2. The lowest BCUT2D eigenvalue weighted by atomic mass is 10.0. The van der Waals surface area contributed by atoms with E-state index < -0.39 is 23.9 Å². The van der Waals surface area contributed by atoms with E-state index in [1.54, 1.807) is 24.3 Å². The molecule has 0 bridgehead atoms. The van der Waals surface area contributed by atoms with Crippen molar-refractivity contribution in [2.75, 3.05) is 10.7 Å². The van der Waals surface area contributed by atoms with Gasteiger partial charge in [0.1, 0.15) is 0 Å². The van der Waals surface area contributed by atoms with Crippen LogP contribution in [0.1, 0.15) is 31.2 Å². The fourth-order valence-corrected chi connectivity index (χ4v) is 3.92. The minimum atomic E-state index is -4.63. The number of para-hydroxylation sites is 1. The summed E-state index contributed by atoms with van der Waals surface area (Å²) in [5.41, 5.74) is 0.0262. The highest BCUT2D eigenvalue weighted by Crippen LogP contribution is 2.45. The first-order valence-electron chi connectivity index (χ1n) is 9.40. The fraction of sp³-hybridized carbons (Fsp3) is 0.238. The number of fused-ring (bicyclic) bond motifs is 3. The lowest BCUT2D eigenvalue weighted by molar-refractivity contribution is -0.139. The van der Waals surface area contributed by atoms with Gasteiger partial charge in [-0.3, -0.25) is 9.69 Å². The molecule has 0 saturated heterocycles. The summed E-state index contributed by atoms with van der Waals surface area (Å²) in [5.74, 6) is 0.208. The number of halogens is 3. The number of ether oxygens (including phenoxy) is 1. The highest BCUT2D eigenvalue weighted by Gasteiger charge is 2.41. The molecule has 1 aliphatic rings. The molecule has 2 heterocycles. The molecule has 160 valence electrons. The summed E-state index contributed by atoms with van der Waals surface area (Å²) in [6.45, 7) is 3.19. The maximum Gasteiger partial charge on any atom is 0.416 e. The van der Waals surface area contributed by atoms with Crippen LogP contribution in [0.2, 0.25) is 0 Å². The molecule has 1 atom stereocenters. The number of thioether (sulfide) groups is 1. The Balaban J connectivity index is 1.99. The molecule has 4 rings (SSSR count). The molecule has 6 nitrogen and oxygen atoms in total. The van der Waals surface area contributed by atoms with Gasteiger partial charge >= 0.3 is 6.18 Å². The Morgan fingerprint density at radius 2 is 1.84 bits per heavy atom. The van der Waals surface area contributed by atoms with Crippen LogP contribution in [-0.4, -0.2) is 26.8 Å². The van der Waals surface area contributed by atoms with E-state index in [9.17, 15) is 18.0 Å². The maximum absolute atomic E-state index is 13.8. The number of aromatic nitrogens is 3. The molecular formula is C21H17F3N4O2S. The largest absolute Gasteiger partial charge is 0.447 e. The first-order valence-corrected chi connectivity index (χ1v) is 10.4. The molecule has 3 aromatic rings. The van der Waals surface area contributed by atoms with Gasteiger partial charge in [-0.15, -0.1) is 10.2 Å². The van der Waals surface area contributed by atoms with Gasteiger partial charge in [0.05, 0.1) is 11.3 Å². The van der Waals surface area contributed by atoms with Gasteiger partial charge in [0.15, 0.2) is 5.69 Å². The Morgan fingerprint density at radius 3 is 2.55 bits per heavy atom. The number of hydrogen-bond donors (Lipinski definition) is 0. The Morgan fingerprint density at radius 1 is 1.13 bits per heavy atom. The number of benzene rings is 2. The van der Waals surface area contributed by atoms with Crippen molar-refractivity contribution < 1.29 is 22.7 Å².